The SMILES string of the molecule is C=PCCC(N)C(N)[P+](=C)C. The fraction of sp³-hybridized carbons (Fsp3) is 0.714. The van der Waals surface area contributed by atoms with Gasteiger partial charge in [0.2, 0.25) is 0 Å². The van der Waals surface area contributed by atoms with Crippen LogP contribution in [0.5, 0.6) is 0 Å². The zero-order chi connectivity index (χ0) is 8.85. The molecule has 0 saturated heterocycles. The predicted octanol–water partition coefficient (Wildman–Crippen LogP) is 0.911. The molecule has 0 aliphatic carbocycles. The molecule has 0 bridgehead atoms. The zero-order valence-electron chi connectivity index (χ0n) is 7.03. The summed E-state index contributed by atoms with van der Waals surface area (Å²) in [5, 5.41) is 0. The van der Waals surface area contributed by atoms with Gasteiger partial charge in [0.15, 0.2) is 5.78 Å². The van der Waals surface area contributed by atoms with Crippen LogP contribution in [-0.4, -0.2) is 37.3 Å². The first-order chi connectivity index (χ1) is 5.09. The van der Waals surface area contributed by atoms with Crippen molar-refractivity contribution in [3.63, 3.8) is 0 Å². The molecule has 0 aliphatic rings. The van der Waals surface area contributed by atoms with Gasteiger partial charge in [-0.05, 0) is 12.6 Å². The summed E-state index contributed by atoms with van der Waals surface area (Å²) < 4.78 is 0. The Labute approximate surface area is 71.5 Å². The van der Waals surface area contributed by atoms with Crippen molar-refractivity contribution < 1.29 is 0 Å². The van der Waals surface area contributed by atoms with Crippen molar-refractivity contribution >= 4 is 28.3 Å². The van der Waals surface area contributed by atoms with Crippen LogP contribution in [0, 0.1) is 0 Å². The smallest absolute Gasteiger partial charge is 0.179 e. The Bertz CT molecular complexity index is 147. The summed E-state index contributed by atoms with van der Waals surface area (Å²) in [4.78, 5) is 0. The van der Waals surface area contributed by atoms with E-state index in [-0.39, 0.29) is 19.4 Å². The first kappa shape index (κ1) is 11.3. The summed E-state index contributed by atoms with van der Waals surface area (Å²) >= 11 is 0. The molecule has 0 rings (SSSR count). The molecule has 11 heavy (non-hydrogen) atoms. The lowest BCUT2D eigenvalue weighted by Crippen LogP contribution is -2.38. The molecular formula is C7H17N2P2+. The maximum Gasteiger partial charge on any atom is 0.179 e. The van der Waals surface area contributed by atoms with Gasteiger partial charge in [0.1, 0.15) is 7.55 Å². The number of rotatable bonds is 5. The van der Waals surface area contributed by atoms with Crippen LogP contribution in [0.4, 0.5) is 0 Å². The van der Waals surface area contributed by atoms with Crippen LogP contribution in [0.1, 0.15) is 6.42 Å². The van der Waals surface area contributed by atoms with Gasteiger partial charge < -0.3 is 5.73 Å². The highest BCUT2D eigenvalue weighted by Crippen LogP contribution is 2.21. The summed E-state index contributed by atoms with van der Waals surface area (Å²) in [7, 11) is 0.811. The van der Waals surface area contributed by atoms with E-state index in [1.165, 1.54) is 0 Å². The van der Waals surface area contributed by atoms with Crippen LogP contribution in [0.15, 0.2) is 0 Å². The fourth-order valence-corrected chi connectivity index (χ4v) is 2.02. The summed E-state index contributed by atoms with van der Waals surface area (Å²) in [5.41, 5.74) is 11.6. The molecule has 3 unspecified atom stereocenters. The average Bonchev–Trinajstić information content (AvgIpc) is 1.98. The Morgan fingerprint density at radius 3 is 2.45 bits per heavy atom. The molecular weight excluding hydrogens is 174 g/mol. The maximum atomic E-state index is 5.82. The molecule has 64 valence electrons. The highest BCUT2D eigenvalue weighted by Gasteiger charge is 2.20. The number of hydrogen-bond donors (Lipinski definition) is 2. The molecule has 0 spiro atoms. The molecule has 2 nitrogen and oxygen atoms in total. The topological polar surface area (TPSA) is 52.0 Å². The normalized spacial score (nSPS) is 17.9. The largest absolute Gasteiger partial charge is 0.323 e. The van der Waals surface area contributed by atoms with Gasteiger partial charge in [0, 0.05) is 0 Å². The van der Waals surface area contributed by atoms with Crippen molar-refractivity contribution in [2.24, 2.45) is 11.5 Å². The Balaban J connectivity index is 3.72. The number of nitrogens with two attached hydrogens (primary N) is 2. The Kier molecular flexibility index (Phi) is 5.99. The van der Waals surface area contributed by atoms with E-state index in [9.17, 15) is 0 Å². The molecule has 0 aliphatic heterocycles. The third kappa shape index (κ3) is 4.66. The third-order valence-electron chi connectivity index (χ3n) is 1.57. The lowest BCUT2D eigenvalue weighted by atomic mass is 10.2. The van der Waals surface area contributed by atoms with Crippen LogP contribution in [0.25, 0.3) is 0 Å². The van der Waals surface area contributed by atoms with Crippen LogP contribution in [0.3, 0.4) is 0 Å². The molecule has 0 aromatic heterocycles. The Hall–Kier alpha value is 0.260. The van der Waals surface area contributed by atoms with Gasteiger partial charge in [-0.15, -0.1) is 8.20 Å². The van der Waals surface area contributed by atoms with E-state index in [4.69, 9.17) is 11.5 Å². The minimum atomic E-state index is -0.338. The second-order valence-corrected chi connectivity index (χ2v) is 5.65. The first-order valence-electron chi connectivity index (χ1n) is 3.56. The van der Waals surface area contributed by atoms with Crippen LogP contribution in [-0.2, 0) is 0 Å². The van der Waals surface area contributed by atoms with Gasteiger partial charge in [-0.2, -0.15) is 0 Å². The van der Waals surface area contributed by atoms with Gasteiger partial charge in [0.25, 0.3) is 0 Å². The summed E-state index contributed by atoms with van der Waals surface area (Å²) in [6.07, 6.45) is 9.64. The second-order valence-electron chi connectivity index (χ2n) is 2.65. The molecule has 0 heterocycles. The predicted molar refractivity (Wildman–Crippen MR) is 59.4 cm³/mol. The molecule has 0 amide bonds. The van der Waals surface area contributed by atoms with Crippen LogP contribution in [0.2, 0.25) is 0 Å². The van der Waals surface area contributed by atoms with Gasteiger partial charge in [-0.25, -0.2) is 0 Å². The molecule has 0 radical (unpaired) electrons. The quantitative estimate of drug-likeness (QED) is 0.634. The third-order valence-corrected chi connectivity index (χ3v) is 3.54. The van der Waals surface area contributed by atoms with Gasteiger partial charge >= 0.3 is 0 Å². The van der Waals surface area contributed by atoms with E-state index >= 15 is 0 Å². The van der Waals surface area contributed by atoms with Crippen LogP contribution >= 0.6 is 15.7 Å². The molecule has 0 aromatic carbocycles. The maximum absolute atomic E-state index is 5.82. The van der Waals surface area contributed by atoms with E-state index in [1.54, 1.807) is 0 Å². The Morgan fingerprint density at radius 2 is 2.09 bits per heavy atom. The number of hydrogen-bond acceptors (Lipinski definition) is 2. The van der Waals surface area contributed by atoms with Crippen LogP contribution < -0.4 is 11.5 Å². The summed E-state index contributed by atoms with van der Waals surface area (Å²) in [5.74, 6) is 0.0896. The van der Waals surface area contributed by atoms with E-state index < -0.39 is 0 Å². The lowest BCUT2D eigenvalue weighted by molar-refractivity contribution is 0.629. The van der Waals surface area contributed by atoms with E-state index in [0.717, 1.165) is 20.8 Å². The molecule has 0 saturated carbocycles. The average molecular weight is 191 g/mol. The fourth-order valence-electron chi connectivity index (χ4n) is 0.738. The monoisotopic (exact) mass is 191 g/mol. The van der Waals surface area contributed by atoms with Crippen molar-refractivity contribution in [3.05, 3.63) is 0 Å². The minimum absolute atomic E-state index is 0.0896. The van der Waals surface area contributed by atoms with Gasteiger partial charge in [-0.1, -0.05) is 6.30 Å². The van der Waals surface area contributed by atoms with Crippen molar-refractivity contribution in [1.82, 2.24) is 0 Å². The zero-order valence-corrected chi connectivity index (χ0v) is 8.82. The van der Waals surface area contributed by atoms with Gasteiger partial charge in [-0.3, -0.25) is 5.73 Å². The second kappa shape index (κ2) is 5.85. The highest BCUT2D eigenvalue weighted by molar-refractivity contribution is 7.55. The van der Waals surface area contributed by atoms with E-state index in [0.29, 0.717) is 0 Å². The van der Waals surface area contributed by atoms with Gasteiger partial charge in [0.05, 0.1) is 19.0 Å². The van der Waals surface area contributed by atoms with E-state index in [1.807, 2.05) is 0 Å². The van der Waals surface area contributed by atoms with Crippen molar-refractivity contribution in [2.45, 2.75) is 18.2 Å². The molecule has 0 aromatic rings. The molecule has 4 N–H and O–H groups in total. The first-order valence-corrected chi connectivity index (χ1v) is 6.87. The van der Waals surface area contributed by atoms with Crippen molar-refractivity contribution in [3.8, 4) is 0 Å². The minimum Gasteiger partial charge on any atom is -0.323 e. The standard InChI is InChI=1S/C7H17N2P2/c1-10-5-4-6(8)7(9)11(2)3/h6-7H,1-2,4-5,8-9H2,3H3/q+1. The van der Waals surface area contributed by atoms with Crippen molar-refractivity contribution in [2.75, 3.05) is 12.8 Å². The van der Waals surface area contributed by atoms with Crippen molar-refractivity contribution in [1.29, 1.82) is 0 Å². The summed E-state index contributed by atoms with van der Waals surface area (Å²) in [6, 6.07) is 0.109. The highest BCUT2D eigenvalue weighted by atomic mass is 31.1. The molecule has 3 atom stereocenters. The Morgan fingerprint density at radius 1 is 1.55 bits per heavy atom. The summed E-state index contributed by atoms with van der Waals surface area (Å²) in [6.45, 7) is 2.06. The lowest BCUT2D eigenvalue weighted by Gasteiger charge is -2.11. The van der Waals surface area contributed by atoms with E-state index in [2.05, 4.69) is 19.3 Å². The molecule has 4 heteroatoms. The molecule has 0 fully saturated rings.